The summed E-state index contributed by atoms with van der Waals surface area (Å²) >= 11 is 1.31. The summed E-state index contributed by atoms with van der Waals surface area (Å²) in [5.41, 5.74) is 1.82. The first kappa shape index (κ1) is 15.3. The van der Waals surface area contributed by atoms with Gasteiger partial charge in [-0.05, 0) is 19.9 Å². The summed E-state index contributed by atoms with van der Waals surface area (Å²) in [7, 11) is 0. The van der Waals surface area contributed by atoms with Crippen molar-refractivity contribution in [1.82, 2.24) is 20.4 Å². The molecule has 0 amide bonds. The van der Waals surface area contributed by atoms with E-state index in [4.69, 9.17) is 13.6 Å². The predicted octanol–water partition coefficient (Wildman–Crippen LogP) is 2.83. The second kappa shape index (κ2) is 6.69. The Morgan fingerprint density at radius 1 is 1.43 bits per heavy atom. The first-order valence-corrected chi connectivity index (χ1v) is 7.87. The number of aryl methyl sites for hydroxylation is 1. The lowest BCUT2D eigenvalue weighted by atomic mass is 10.3. The van der Waals surface area contributed by atoms with Crippen molar-refractivity contribution in [1.29, 1.82) is 0 Å². The molecule has 8 nitrogen and oxygen atoms in total. The van der Waals surface area contributed by atoms with Gasteiger partial charge in [-0.15, -0.1) is 10.2 Å². The minimum atomic E-state index is -0.430. The molecule has 0 unspecified atom stereocenters. The number of aromatic nitrogens is 4. The van der Waals surface area contributed by atoms with Crippen LogP contribution in [0.4, 0.5) is 0 Å². The number of rotatable bonds is 6. The number of esters is 1. The van der Waals surface area contributed by atoms with Gasteiger partial charge in [0.2, 0.25) is 0 Å². The van der Waals surface area contributed by atoms with Crippen LogP contribution >= 0.6 is 11.8 Å². The highest BCUT2D eigenvalue weighted by molar-refractivity contribution is 7.98. The Kier molecular flexibility index (Phi) is 4.47. The van der Waals surface area contributed by atoms with Crippen LogP contribution in [0.15, 0.2) is 32.6 Å². The van der Waals surface area contributed by atoms with Crippen molar-refractivity contribution >= 4 is 17.7 Å². The Morgan fingerprint density at radius 3 is 3.04 bits per heavy atom. The van der Waals surface area contributed by atoms with Crippen molar-refractivity contribution in [2.24, 2.45) is 0 Å². The van der Waals surface area contributed by atoms with E-state index in [0.29, 0.717) is 40.5 Å². The SMILES string of the molecule is CCOC(=O)c1[nH]ncc1CSc1nnc(-c2ccoc2C)o1. The average Bonchev–Trinajstić information content (AvgIpc) is 3.25. The van der Waals surface area contributed by atoms with Gasteiger partial charge in [0.25, 0.3) is 11.1 Å². The fourth-order valence-electron chi connectivity index (χ4n) is 1.92. The predicted molar refractivity (Wildman–Crippen MR) is 80.8 cm³/mol. The van der Waals surface area contributed by atoms with Crippen LogP contribution in [0.25, 0.3) is 11.5 Å². The van der Waals surface area contributed by atoms with Gasteiger partial charge in [-0.3, -0.25) is 5.10 Å². The van der Waals surface area contributed by atoms with Gasteiger partial charge in [-0.2, -0.15) is 5.10 Å². The van der Waals surface area contributed by atoms with E-state index in [1.54, 1.807) is 25.5 Å². The van der Waals surface area contributed by atoms with E-state index < -0.39 is 5.97 Å². The van der Waals surface area contributed by atoms with Crippen molar-refractivity contribution < 1.29 is 18.4 Å². The molecule has 0 spiro atoms. The van der Waals surface area contributed by atoms with E-state index in [1.165, 1.54) is 11.8 Å². The fraction of sp³-hybridized carbons (Fsp3) is 0.286. The molecule has 3 rings (SSSR count). The van der Waals surface area contributed by atoms with E-state index in [2.05, 4.69) is 20.4 Å². The molecule has 0 atom stereocenters. The molecule has 3 heterocycles. The van der Waals surface area contributed by atoms with Crippen LogP contribution in [0.1, 0.15) is 28.7 Å². The lowest BCUT2D eigenvalue weighted by molar-refractivity contribution is 0.0518. The summed E-state index contributed by atoms with van der Waals surface area (Å²) in [5.74, 6) is 1.14. The Bertz CT molecular complexity index is 807. The smallest absolute Gasteiger partial charge is 0.356 e. The number of hydrogen-bond acceptors (Lipinski definition) is 8. The van der Waals surface area contributed by atoms with Crippen molar-refractivity contribution in [3.8, 4) is 11.5 Å². The molecule has 0 bridgehead atoms. The first-order valence-electron chi connectivity index (χ1n) is 6.89. The van der Waals surface area contributed by atoms with Gasteiger partial charge >= 0.3 is 5.97 Å². The third kappa shape index (κ3) is 3.29. The van der Waals surface area contributed by atoms with Gasteiger partial charge in [0.1, 0.15) is 11.5 Å². The van der Waals surface area contributed by atoms with E-state index in [9.17, 15) is 4.79 Å². The molecule has 0 saturated carbocycles. The van der Waals surface area contributed by atoms with Gasteiger partial charge in [0, 0.05) is 11.3 Å². The number of carbonyl (C=O) groups excluding carboxylic acids is 1. The maximum Gasteiger partial charge on any atom is 0.356 e. The molecule has 1 N–H and O–H groups in total. The number of nitrogens with zero attached hydrogens (tertiary/aromatic N) is 3. The summed E-state index contributed by atoms with van der Waals surface area (Å²) in [6.45, 7) is 3.88. The molecule has 0 fully saturated rings. The Labute approximate surface area is 135 Å². The van der Waals surface area contributed by atoms with E-state index in [1.807, 2.05) is 6.92 Å². The maximum atomic E-state index is 11.8. The molecule has 23 heavy (non-hydrogen) atoms. The first-order chi connectivity index (χ1) is 11.2. The number of thioether (sulfide) groups is 1. The number of hydrogen-bond donors (Lipinski definition) is 1. The molecule has 3 aromatic rings. The number of ether oxygens (including phenoxy) is 1. The van der Waals surface area contributed by atoms with Crippen LogP contribution < -0.4 is 0 Å². The third-order valence-corrected chi connectivity index (χ3v) is 3.91. The summed E-state index contributed by atoms with van der Waals surface area (Å²) in [4.78, 5) is 11.8. The zero-order chi connectivity index (χ0) is 16.2. The number of H-pyrrole nitrogens is 1. The lowest BCUT2D eigenvalue weighted by Crippen LogP contribution is -2.07. The van der Waals surface area contributed by atoms with Crippen molar-refractivity contribution in [3.63, 3.8) is 0 Å². The summed E-state index contributed by atoms with van der Waals surface area (Å²) < 4.78 is 15.8. The Hall–Kier alpha value is -2.55. The lowest BCUT2D eigenvalue weighted by Gasteiger charge is -2.01. The maximum absolute atomic E-state index is 11.8. The second-order valence-electron chi connectivity index (χ2n) is 4.54. The van der Waals surface area contributed by atoms with Crippen LogP contribution in [0.3, 0.4) is 0 Å². The molecule has 0 aliphatic heterocycles. The van der Waals surface area contributed by atoms with Gasteiger partial charge in [-0.1, -0.05) is 11.8 Å². The summed E-state index contributed by atoms with van der Waals surface area (Å²) in [6.07, 6.45) is 3.15. The molecule has 0 aliphatic carbocycles. The van der Waals surface area contributed by atoms with E-state index in [0.717, 1.165) is 5.56 Å². The molecule has 9 heteroatoms. The molecular weight excluding hydrogens is 320 g/mol. The Morgan fingerprint density at radius 2 is 2.30 bits per heavy atom. The number of carbonyl (C=O) groups is 1. The van der Waals surface area contributed by atoms with Crippen LogP contribution in [0.2, 0.25) is 0 Å². The zero-order valence-corrected chi connectivity index (χ0v) is 13.3. The van der Waals surface area contributed by atoms with Gasteiger partial charge in [0.15, 0.2) is 0 Å². The monoisotopic (exact) mass is 334 g/mol. The molecule has 0 aromatic carbocycles. The third-order valence-electron chi connectivity index (χ3n) is 3.04. The molecule has 0 saturated heterocycles. The van der Waals surface area contributed by atoms with Crippen LogP contribution in [-0.2, 0) is 10.5 Å². The van der Waals surface area contributed by atoms with E-state index >= 15 is 0 Å². The topological polar surface area (TPSA) is 107 Å². The van der Waals surface area contributed by atoms with Crippen LogP contribution in [0.5, 0.6) is 0 Å². The minimum Gasteiger partial charge on any atom is -0.469 e. The van der Waals surface area contributed by atoms with Crippen LogP contribution in [-0.4, -0.2) is 33.0 Å². The number of nitrogens with one attached hydrogen (secondary N) is 1. The highest BCUT2D eigenvalue weighted by Gasteiger charge is 2.17. The molecular formula is C14H14N4O4S. The largest absolute Gasteiger partial charge is 0.469 e. The number of aromatic amines is 1. The normalized spacial score (nSPS) is 10.9. The Balaban J connectivity index is 1.68. The van der Waals surface area contributed by atoms with Crippen LogP contribution in [0, 0.1) is 6.92 Å². The summed E-state index contributed by atoms with van der Waals surface area (Å²) in [6, 6.07) is 1.77. The zero-order valence-electron chi connectivity index (χ0n) is 12.5. The minimum absolute atomic E-state index is 0.307. The fourth-order valence-corrected chi connectivity index (χ4v) is 2.66. The van der Waals surface area contributed by atoms with Crippen molar-refractivity contribution in [2.45, 2.75) is 24.8 Å². The van der Waals surface area contributed by atoms with Gasteiger partial charge < -0.3 is 13.6 Å². The highest BCUT2D eigenvalue weighted by atomic mass is 32.2. The molecule has 0 radical (unpaired) electrons. The molecule has 120 valence electrons. The average molecular weight is 334 g/mol. The van der Waals surface area contributed by atoms with Gasteiger partial charge in [-0.25, -0.2) is 4.79 Å². The standard InChI is InChI=1S/C14H14N4O4S/c1-3-20-13(19)11-9(6-15-16-11)7-23-14-18-17-12(22-14)10-4-5-21-8(10)2/h4-6H,3,7H2,1-2H3,(H,15,16). The van der Waals surface area contributed by atoms with Crippen molar-refractivity contribution in [2.75, 3.05) is 6.61 Å². The van der Waals surface area contributed by atoms with Crippen molar-refractivity contribution in [3.05, 3.63) is 35.5 Å². The summed E-state index contributed by atoms with van der Waals surface area (Å²) in [5, 5.41) is 14.9. The number of furan rings is 1. The molecule has 3 aromatic heterocycles. The second-order valence-corrected chi connectivity index (χ2v) is 5.47. The van der Waals surface area contributed by atoms with Gasteiger partial charge in [0.05, 0.1) is 24.6 Å². The highest BCUT2D eigenvalue weighted by Crippen LogP contribution is 2.28. The molecule has 0 aliphatic rings. The quantitative estimate of drug-likeness (QED) is 0.541. The van der Waals surface area contributed by atoms with E-state index in [-0.39, 0.29) is 0 Å².